The van der Waals surface area contributed by atoms with Crippen LogP contribution in [0.1, 0.15) is 51.6 Å². The van der Waals surface area contributed by atoms with Gasteiger partial charge in [0.05, 0.1) is 6.10 Å². The molecule has 8 heteroatoms. The summed E-state index contributed by atoms with van der Waals surface area (Å²) in [6.07, 6.45) is 3.67. The van der Waals surface area contributed by atoms with Gasteiger partial charge in [-0.25, -0.2) is 0 Å². The second kappa shape index (κ2) is 9.73. The van der Waals surface area contributed by atoms with Crippen molar-refractivity contribution in [3.05, 3.63) is 123 Å². The van der Waals surface area contributed by atoms with Crippen molar-refractivity contribution in [2.75, 3.05) is 18.2 Å². The second-order valence-electron chi connectivity index (χ2n) is 11.2. The van der Waals surface area contributed by atoms with Gasteiger partial charge in [0.25, 0.3) is 5.91 Å². The van der Waals surface area contributed by atoms with Crippen LogP contribution >= 0.6 is 11.8 Å². The van der Waals surface area contributed by atoms with Crippen molar-refractivity contribution in [2.45, 2.75) is 42.2 Å². The molecule has 1 saturated carbocycles. The normalized spacial score (nSPS) is 22.1. The van der Waals surface area contributed by atoms with Crippen LogP contribution < -0.4 is 19.9 Å². The standard InChI is InChI=1S/C33H29N3O4S/c37-26-13-14-35-31(32(26)39-18-21-7-2-1-3-8-21)33(38)34-17-22-15-24(16-22)40-27-11-6-9-23-19-41-28-12-5-4-10-25(28)30(29(23)27)36(35)20-34/h1-14,22,24,30H,15-20H2/t22?,24?,30-/m0/s1. The fraction of sp³-hybridized carbons (Fsp3) is 0.273. The molecular formula is C33H29N3O4S. The van der Waals surface area contributed by atoms with Gasteiger partial charge in [0.15, 0.2) is 11.4 Å². The van der Waals surface area contributed by atoms with Crippen LogP contribution in [0.25, 0.3) is 0 Å². The predicted molar refractivity (Wildman–Crippen MR) is 157 cm³/mol. The molecule has 3 aromatic carbocycles. The summed E-state index contributed by atoms with van der Waals surface area (Å²) in [6.45, 7) is 1.21. The Morgan fingerprint density at radius 1 is 0.927 bits per heavy atom. The molecule has 1 amide bonds. The maximum Gasteiger partial charge on any atom is 0.277 e. The van der Waals surface area contributed by atoms with Gasteiger partial charge in [-0.15, -0.1) is 11.8 Å². The lowest BCUT2D eigenvalue weighted by molar-refractivity contribution is 0.0342. The third kappa shape index (κ3) is 4.11. The van der Waals surface area contributed by atoms with E-state index in [2.05, 4.69) is 47.5 Å². The Kier molecular flexibility index (Phi) is 5.84. The van der Waals surface area contributed by atoms with Crippen LogP contribution in [0.5, 0.6) is 11.5 Å². The number of ether oxygens (including phenoxy) is 2. The molecule has 0 unspecified atom stereocenters. The van der Waals surface area contributed by atoms with E-state index in [9.17, 15) is 9.59 Å². The molecule has 1 aliphatic carbocycles. The largest absolute Gasteiger partial charge is 0.490 e. The van der Waals surface area contributed by atoms with E-state index < -0.39 is 0 Å². The van der Waals surface area contributed by atoms with E-state index in [1.807, 2.05) is 51.7 Å². The molecule has 5 heterocycles. The molecule has 7 nitrogen and oxygen atoms in total. The van der Waals surface area contributed by atoms with E-state index in [1.165, 1.54) is 16.5 Å². The lowest BCUT2D eigenvalue weighted by Crippen LogP contribution is -2.57. The van der Waals surface area contributed by atoms with Crippen LogP contribution in [0.4, 0.5) is 0 Å². The summed E-state index contributed by atoms with van der Waals surface area (Å²) in [4.78, 5) is 30.6. The first-order chi connectivity index (χ1) is 20.1. The second-order valence-corrected chi connectivity index (χ2v) is 12.2. The highest BCUT2D eigenvalue weighted by molar-refractivity contribution is 7.98. The molecule has 0 radical (unpaired) electrons. The SMILES string of the molecule is O=C1c2c(OCc3ccccc3)c(=O)ccn2N2CN1CC1CC(C1)Oc1cccc3c1[C@@H]2c1ccccc1SC3. The molecule has 41 heavy (non-hydrogen) atoms. The van der Waals surface area contributed by atoms with Crippen molar-refractivity contribution in [2.24, 2.45) is 5.92 Å². The lowest BCUT2D eigenvalue weighted by Gasteiger charge is -2.45. The number of fused-ring (bicyclic) bond motifs is 2. The van der Waals surface area contributed by atoms with Crippen LogP contribution in [0.15, 0.2) is 94.7 Å². The molecule has 4 bridgehead atoms. The molecule has 1 aromatic heterocycles. The number of carbonyl (C=O) groups is 1. The van der Waals surface area contributed by atoms with Gasteiger partial charge in [0.2, 0.25) is 5.43 Å². The quantitative estimate of drug-likeness (QED) is 0.335. The Labute approximate surface area is 242 Å². The van der Waals surface area contributed by atoms with Gasteiger partial charge >= 0.3 is 0 Å². The number of thioether (sulfide) groups is 1. The number of carbonyl (C=O) groups excluding carboxylic acids is 1. The highest BCUT2D eigenvalue weighted by Crippen LogP contribution is 2.48. The van der Waals surface area contributed by atoms with Crippen LogP contribution in [0.2, 0.25) is 0 Å². The minimum absolute atomic E-state index is 0.0958. The summed E-state index contributed by atoms with van der Waals surface area (Å²) >= 11 is 1.82. The molecule has 0 saturated heterocycles. The Hall–Kier alpha value is -4.17. The Bertz CT molecular complexity index is 1720. The number of benzene rings is 3. The maximum absolute atomic E-state index is 14.2. The summed E-state index contributed by atoms with van der Waals surface area (Å²) in [5.74, 6) is 2.00. The van der Waals surface area contributed by atoms with E-state index in [0.29, 0.717) is 19.1 Å². The summed E-state index contributed by atoms with van der Waals surface area (Å²) in [5, 5.41) is 2.21. The van der Waals surface area contributed by atoms with Crippen LogP contribution in [0.3, 0.4) is 0 Å². The van der Waals surface area contributed by atoms with E-state index in [0.717, 1.165) is 41.0 Å². The van der Waals surface area contributed by atoms with Crippen molar-refractivity contribution in [3.63, 3.8) is 0 Å². The molecular weight excluding hydrogens is 534 g/mol. The lowest BCUT2D eigenvalue weighted by atomic mass is 9.81. The fourth-order valence-corrected chi connectivity index (χ4v) is 7.67. The van der Waals surface area contributed by atoms with E-state index in [4.69, 9.17) is 9.47 Å². The van der Waals surface area contributed by atoms with Crippen LogP contribution in [-0.4, -0.2) is 34.8 Å². The van der Waals surface area contributed by atoms with Crippen molar-refractivity contribution >= 4 is 17.7 Å². The number of amides is 1. The molecule has 1 fully saturated rings. The summed E-state index contributed by atoms with van der Waals surface area (Å²) < 4.78 is 14.7. The third-order valence-electron chi connectivity index (χ3n) is 8.63. The van der Waals surface area contributed by atoms with Crippen molar-refractivity contribution < 1.29 is 14.3 Å². The Balaban J connectivity index is 1.35. The van der Waals surface area contributed by atoms with Gasteiger partial charge < -0.3 is 14.4 Å². The summed E-state index contributed by atoms with van der Waals surface area (Å²) in [5.41, 5.74) is 4.42. The average molecular weight is 564 g/mol. The van der Waals surface area contributed by atoms with Crippen molar-refractivity contribution in [1.29, 1.82) is 0 Å². The van der Waals surface area contributed by atoms with Crippen LogP contribution in [-0.2, 0) is 12.4 Å². The molecule has 0 N–H and O–H groups in total. The molecule has 206 valence electrons. The molecule has 0 spiro atoms. The monoisotopic (exact) mass is 563 g/mol. The van der Waals surface area contributed by atoms with E-state index >= 15 is 0 Å². The first-order valence-corrected chi connectivity index (χ1v) is 15.1. The van der Waals surface area contributed by atoms with Gasteiger partial charge in [0.1, 0.15) is 25.1 Å². The minimum Gasteiger partial charge on any atom is -0.490 e. The molecule has 1 atom stereocenters. The fourth-order valence-electron chi connectivity index (χ4n) is 6.59. The minimum atomic E-state index is -0.295. The topological polar surface area (TPSA) is 64.0 Å². The van der Waals surface area contributed by atoms with Crippen molar-refractivity contribution in [1.82, 2.24) is 9.58 Å². The van der Waals surface area contributed by atoms with E-state index in [-0.39, 0.29) is 41.5 Å². The smallest absolute Gasteiger partial charge is 0.277 e. The van der Waals surface area contributed by atoms with Gasteiger partial charge in [-0.3, -0.25) is 19.3 Å². The molecule has 9 rings (SSSR count). The Morgan fingerprint density at radius 3 is 2.63 bits per heavy atom. The first kappa shape index (κ1) is 24.6. The molecule has 5 aliphatic rings. The number of aromatic nitrogens is 1. The number of rotatable bonds is 3. The zero-order chi connectivity index (χ0) is 27.5. The van der Waals surface area contributed by atoms with Gasteiger partial charge in [-0.2, -0.15) is 0 Å². The van der Waals surface area contributed by atoms with Crippen molar-refractivity contribution in [3.8, 4) is 11.5 Å². The average Bonchev–Trinajstić information content (AvgIpc) is 3.16. The van der Waals surface area contributed by atoms with Gasteiger partial charge in [0, 0.05) is 35.0 Å². The summed E-state index contributed by atoms with van der Waals surface area (Å²) in [7, 11) is 0. The number of hydrogen-bond donors (Lipinski definition) is 0. The predicted octanol–water partition coefficient (Wildman–Crippen LogP) is 5.34. The Morgan fingerprint density at radius 2 is 1.76 bits per heavy atom. The zero-order valence-electron chi connectivity index (χ0n) is 22.4. The maximum atomic E-state index is 14.2. The van der Waals surface area contributed by atoms with Crippen LogP contribution in [0, 0.1) is 5.92 Å². The molecule has 4 aromatic rings. The number of hydrogen-bond acceptors (Lipinski definition) is 6. The van der Waals surface area contributed by atoms with E-state index in [1.54, 1.807) is 6.20 Å². The first-order valence-electron chi connectivity index (χ1n) is 14.1. The highest BCUT2D eigenvalue weighted by atomic mass is 32.2. The summed E-state index contributed by atoms with van der Waals surface area (Å²) in [6, 6.07) is 25.8. The van der Waals surface area contributed by atoms with Gasteiger partial charge in [-0.05, 0) is 47.6 Å². The molecule has 4 aliphatic heterocycles. The zero-order valence-corrected chi connectivity index (χ0v) is 23.3. The number of pyridine rings is 1. The van der Waals surface area contributed by atoms with Gasteiger partial charge in [-0.1, -0.05) is 60.7 Å². The highest BCUT2D eigenvalue weighted by Gasteiger charge is 2.43. The number of nitrogens with zero attached hydrogens (tertiary/aromatic N) is 3. The third-order valence-corrected chi connectivity index (χ3v) is 9.77.